The second kappa shape index (κ2) is 5.60. The number of halogens is 1. The Bertz CT molecular complexity index is 622. The molecule has 1 aliphatic carbocycles. The van der Waals surface area contributed by atoms with Crippen molar-refractivity contribution in [3.05, 3.63) is 32.9 Å². The van der Waals surface area contributed by atoms with Crippen molar-refractivity contribution in [2.75, 3.05) is 0 Å². The zero-order valence-corrected chi connectivity index (χ0v) is 11.5. The van der Waals surface area contributed by atoms with E-state index in [4.69, 9.17) is 0 Å². The van der Waals surface area contributed by atoms with E-state index in [1.165, 1.54) is 0 Å². The summed E-state index contributed by atoms with van der Waals surface area (Å²) in [5, 5.41) is 2.74. The summed E-state index contributed by atoms with van der Waals surface area (Å²) in [5.41, 5.74) is -2.07. The molecular formula is C13H18FN3O3. The number of hydrogen-bond acceptors (Lipinski definition) is 3. The fourth-order valence-corrected chi connectivity index (χ4v) is 2.61. The van der Waals surface area contributed by atoms with Crippen molar-refractivity contribution >= 4 is 6.03 Å². The van der Waals surface area contributed by atoms with Gasteiger partial charge in [-0.2, -0.15) is 4.39 Å². The Balaban J connectivity index is 2.18. The lowest BCUT2D eigenvalue weighted by Gasteiger charge is -2.34. The van der Waals surface area contributed by atoms with Crippen LogP contribution in [0.5, 0.6) is 0 Å². The van der Waals surface area contributed by atoms with Crippen LogP contribution in [0.3, 0.4) is 0 Å². The van der Waals surface area contributed by atoms with Gasteiger partial charge in [-0.1, -0.05) is 26.7 Å². The molecule has 0 bridgehead atoms. The fourth-order valence-electron chi connectivity index (χ4n) is 2.61. The van der Waals surface area contributed by atoms with E-state index in [0.29, 0.717) is 16.7 Å². The van der Waals surface area contributed by atoms with Gasteiger partial charge in [0.1, 0.15) is 0 Å². The Labute approximate surface area is 115 Å². The quantitative estimate of drug-likeness (QED) is 0.808. The lowest BCUT2D eigenvalue weighted by molar-refractivity contribution is 0.195. The number of rotatable bonds is 1. The molecule has 0 saturated heterocycles. The number of nitrogens with one attached hydrogen (secondary N) is 2. The van der Waals surface area contributed by atoms with Gasteiger partial charge in [-0.15, -0.1) is 0 Å². The molecule has 1 fully saturated rings. The van der Waals surface area contributed by atoms with Crippen LogP contribution in [0.4, 0.5) is 9.18 Å². The zero-order valence-electron chi connectivity index (χ0n) is 11.5. The van der Waals surface area contributed by atoms with Crippen LogP contribution >= 0.6 is 0 Å². The second-order valence-electron chi connectivity index (χ2n) is 5.43. The van der Waals surface area contributed by atoms with E-state index in [1.807, 2.05) is 6.92 Å². The van der Waals surface area contributed by atoms with Gasteiger partial charge in [-0.25, -0.2) is 14.2 Å². The van der Waals surface area contributed by atoms with Gasteiger partial charge in [0.2, 0.25) is 5.82 Å². The molecule has 1 saturated carbocycles. The number of amides is 1. The maximum Gasteiger partial charge on any atom is 0.336 e. The molecule has 1 aromatic heterocycles. The molecule has 0 spiro atoms. The predicted molar refractivity (Wildman–Crippen MR) is 71.2 cm³/mol. The number of carbonyl (C=O) groups is 1. The summed E-state index contributed by atoms with van der Waals surface area (Å²) in [6, 6.07) is -0.760. The minimum atomic E-state index is -1.16. The molecule has 110 valence electrons. The molecule has 1 aliphatic rings. The molecule has 1 aromatic rings. The van der Waals surface area contributed by atoms with Crippen LogP contribution in [0.2, 0.25) is 0 Å². The predicted octanol–water partition coefficient (Wildman–Crippen LogP) is 1.06. The zero-order chi connectivity index (χ0) is 14.9. The minimum absolute atomic E-state index is 0.0480. The largest absolute Gasteiger partial charge is 0.336 e. The third kappa shape index (κ3) is 2.81. The molecule has 20 heavy (non-hydrogen) atoms. The average molecular weight is 283 g/mol. The van der Waals surface area contributed by atoms with Gasteiger partial charge in [0.05, 0.1) is 6.20 Å². The van der Waals surface area contributed by atoms with Crippen molar-refractivity contribution < 1.29 is 9.18 Å². The molecule has 6 nitrogen and oxygen atoms in total. The van der Waals surface area contributed by atoms with E-state index in [9.17, 15) is 18.8 Å². The highest BCUT2D eigenvalue weighted by Gasteiger charge is 2.28. The van der Waals surface area contributed by atoms with Crippen molar-refractivity contribution in [3.8, 4) is 0 Å². The van der Waals surface area contributed by atoms with Crippen LogP contribution < -0.4 is 16.6 Å². The van der Waals surface area contributed by atoms with Gasteiger partial charge in [0, 0.05) is 6.04 Å². The first-order valence-corrected chi connectivity index (χ1v) is 6.72. The Morgan fingerprint density at radius 1 is 1.40 bits per heavy atom. The third-order valence-electron chi connectivity index (χ3n) is 4.13. The summed E-state index contributed by atoms with van der Waals surface area (Å²) in [7, 11) is 0. The van der Waals surface area contributed by atoms with Gasteiger partial charge < -0.3 is 5.32 Å². The number of hydrogen-bond donors (Lipinski definition) is 2. The molecule has 0 aromatic carbocycles. The van der Waals surface area contributed by atoms with Crippen molar-refractivity contribution in [2.24, 2.45) is 11.8 Å². The van der Waals surface area contributed by atoms with Crippen molar-refractivity contribution in [1.29, 1.82) is 0 Å². The van der Waals surface area contributed by atoms with E-state index in [0.717, 1.165) is 19.3 Å². The maximum atomic E-state index is 13.2. The first kappa shape index (κ1) is 14.5. The molecular weight excluding hydrogens is 265 g/mol. The van der Waals surface area contributed by atoms with Crippen molar-refractivity contribution in [3.63, 3.8) is 0 Å². The number of nitrogens with zero attached hydrogens (tertiary/aromatic N) is 1. The summed E-state index contributed by atoms with van der Waals surface area (Å²) in [6.07, 6.45) is 3.57. The van der Waals surface area contributed by atoms with E-state index >= 15 is 0 Å². The van der Waals surface area contributed by atoms with Crippen molar-refractivity contribution in [2.45, 2.75) is 39.2 Å². The van der Waals surface area contributed by atoms with Gasteiger partial charge in [0.25, 0.3) is 5.56 Å². The Morgan fingerprint density at radius 3 is 2.80 bits per heavy atom. The molecule has 3 atom stereocenters. The first-order valence-electron chi connectivity index (χ1n) is 6.72. The molecule has 1 heterocycles. The number of carbonyl (C=O) groups excluding carboxylic acids is 1. The van der Waals surface area contributed by atoms with Crippen LogP contribution in [0.15, 0.2) is 15.8 Å². The van der Waals surface area contributed by atoms with E-state index < -0.39 is 23.1 Å². The topological polar surface area (TPSA) is 84.0 Å². The van der Waals surface area contributed by atoms with Gasteiger partial charge in [-0.3, -0.25) is 9.78 Å². The van der Waals surface area contributed by atoms with Crippen LogP contribution in [0, 0.1) is 17.7 Å². The summed E-state index contributed by atoms with van der Waals surface area (Å²) in [5.74, 6) is -0.390. The Morgan fingerprint density at radius 2 is 2.10 bits per heavy atom. The van der Waals surface area contributed by atoms with Crippen molar-refractivity contribution in [1.82, 2.24) is 14.9 Å². The van der Waals surface area contributed by atoms with Crippen LogP contribution in [-0.4, -0.2) is 21.6 Å². The monoisotopic (exact) mass is 283 g/mol. The number of H-pyrrole nitrogens is 1. The SMILES string of the molecule is CC1CCCC(NC(=O)n2cc(F)c(=O)[nH]c2=O)C1C. The summed E-state index contributed by atoms with van der Waals surface area (Å²) < 4.78 is 13.7. The third-order valence-corrected chi connectivity index (χ3v) is 4.13. The molecule has 2 rings (SSSR count). The van der Waals surface area contributed by atoms with E-state index in [2.05, 4.69) is 12.2 Å². The average Bonchev–Trinajstić information content (AvgIpc) is 2.39. The van der Waals surface area contributed by atoms with Gasteiger partial charge in [0.15, 0.2) is 0 Å². The number of aromatic nitrogens is 2. The molecule has 0 aliphatic heterocycles. The molecule has 1 amide bonds. The summed E-state index contributed by atoms with van der Waals surface area (Å²) in [4.78, 5) is 36.2. The molecule has 0 radical (unpaired) electrons. The summed E-state index contributed by atoms with van der Waals surface area (Å²) in [6.45, 7) is 4.17. The number of aromatic amines is 1. The minimum Gasteiger partial charge on any atom is -0.334 e. The highest BCUT2D eigenvalue weighted by Crippen LogP contribution is 2.29. The maximum absolute atomic E-state index is 13.2. The van der Waals surface area contributed by atoms with Crippen LogP contribution in [0.1, 0.15) is 33.1 Å². The lowest BCUT2D eigenvalue weighted by atomic mass is 9.78. The van der Waals surface area contributed by atoms with Crippen LogP contribution in [0.25, 0.3) is 0 Å². The standard InChI is InChI=1S/C13H18FN3O3/c1-7-4-3-5-10(8(7)2)15-12(19)17-6-9(14)11(18)16-13(17)20/h6-8,10H,3-5H2,1-2H3,(H,15,19)(H,16,18,20). The van der Waals surface area contributed by atoms with Crippen LogP contribution in [-0.2, 0) is 0 Å². The van der Waals surface area contributed by atoms with E-state index in [1.54, 1.807) is 4.98 Å². The molecule has 3 unspecified atom stereocenters. The first-order chi connectivity index (χ1) is 9.40. The lowest BCUT2D eigenvalue weighted by Crippen LogP contribution is -2.48. The van der Waals surface area contributed by atoms with Gasteiger partial charge >= 0.3 is 11.7 Å². The normalized spacial score (nSPS) is 26.2. The Hall–Kier alpha value is -1.92. The van der Waals surface area contributed by atoms with Gasteiger partial charge in [-0.05, 0) is 18.3 Å². The highest BCUT2D eigenvalue weighted by molar-refractivity contribution is 5.76. The Kier molecular flexibility index (Phi) is 4.06. The molecule has 7 heteroatoms. The second-order valence-corrected chi connectivity index (χ2v) is 5.43. The molecule has 2 N–H and O–H groups in total. The smallest absolute Gasteiger partial charge is 0.334 e. The van der Waals surface area contributed by atoms with E-state index in [-0.39, 0.29) is 12.0 Å². The fraction of sp³-hybridized carbons (Fsp3) is 0.615. The highest BCUT2D eigenvalue weighted by atomic mass is 19.1. The summed E-state index contributed by atoms with van der Waals surface area (Å²) >= 11 is 0.